The lowest BCUT2D eigenvalue weighted by Crippen LogP contribution is -2.38. The van der Waals surface area contributed by atoms with Crippen LogP contribution >= 0.6 is 11.3 Å². The quantitative estimate of drug-likeness (QED) is 0.878. The van der Waals surface area contributed by atoms with Crippen molar-refractivity contribution in [1.82, 2.24) is 4.90 Å². The van der Waals surface area contributed by atoms with E-state index in [2.05, 4.69) is 6.92 Å². The summed E-state index contributed by atoms with van der Waals surface area (Å²) in [5.41, 5.74) is 6.02. The van der Waals surface area contributed by atoms with Crippen molar-refractivity contribution < 1.29 is 4.79 Å². The first-order valence-corrected chi connectivity index (χ1v) is 7.14. The Kier molecular flexibility index (Phi) is 4.18. The number of nitrogens with two attached hydrogens (primary N) is 1. The summed E-state index contributed by atoms with van der Waals surface area (Å²) in [6, 6.07) is 3.41. The van der Waals surface area contributed by atoms with Crippen molar-refractivity contribution in [3.63, 3.8) is 0 Å². The van der Waals surface area contributed by atoms with E-state index in [1.54, 1.807) is 11.3 Å². The minimum Gasteiger partial charge on any atom is -0.341 e. The molecule has 94 valence electrons. The number of rotatable bonds is 2. The van der Waals surface area contributed by atoms with E-state index in [0.29, 0.717) is 0 Å². The van der Waals surface area contributed by atoms with Crippen LogP contribution in [-0.4, -0.2) is 23.9 Å². The van der Waals surface area contributed by atoms with Gasteiger partial charge in [-0.15, -0.1) is 11.3 Å². The molecule has 1 saturated heterocycles. The van der Waals surface area contributed by atoms with Gasteiger partial charge in [0, 0.05) is 18.0 Å². The first kappa shape index (κ1) is 12.6. The third-order valence-corrected chi connectivity index (χ3v) is 4.40. The lowest BCUT2D eigenvalue weighted by atomic mass is 10.0. The van der Waals surface area contributed by atoms with Gasteiger partial charge in [-0.1, -0.05) is 13.0 Å². The maximum Gasteiger partial charge on any atom is 0.244 e. The Labute approximate surface area is 107 Å². The summed E-state index contributed by atoms with van der Waals surface area (Å²) in [6.07, 6.45) is 3.42. The topological polar surface area (TPSA) is 46.3 Å². The summed E-state index contributed by atoms with van der Waals surface area (Å²) < 4.78 is 0. The fourth-order valence-electron chi connectivity index (χ4n) is 2.27. The number of nitrogens with zero attached hydrogens (tertiary/aromatic N) is 1. The van der Waals surface area contributed by atoms with E-state index in [1.165, 1.54) is 6.42 Å². The van der Waals surface area contributed by atoms with Crippen LogP contribution in [0.3, 0.4) is 0 Å². The van der Waals surface area contributed by atoms with Crippen LogP contribution in [0.5, 0.6) is 0 Å². The lowest BCUT2D eigenvalue weighted by molar-refractivity contribution is -0.132. The maximum atomic E-state index is 12.3. The van der Waals surface area contributed by atoms with E-state index in [9.17, 15) is 4.79 Å². The van der Waals surface area contributed by atoms with E-state index < -0.39 is 6.04 Å². The van der Waals surface area contributed by atoms with Crippen LogP contribution in [0.25, 0.3) is 0 Å². The Morgan fingerprint density at radius 2 is 2.35 bits per heavy atom. The molecule has 2 heterocycles. The molecule has 1 aromatic heterocycles. The summed E-state index contributed by atoms with van der Waals surface area (Å²) in [5, 5.41) is 1.97. The number of carbonyl (C=O) groups excluding carboxylic acids is 1. The van der Waals surface area contributed by atoms with Crippen LogP contribution in [0.2, 0.25) is 0 Å². The zero-order valence-electron chi connectivity index (χ0n) is 10.3. The standard InChI is InChI=1S/C13H20N2OS/c1-10-4-2-7-15(8-6-10)13(16)12(14)11-5-3-9-17-11/h3,5,9-10,12H,2,4,6-8,14H2,1H3. The molecule has 1 fully saturated rings. The molecule has 2 N–H and O–H groups in total. The summed E-state index contributed by atoms with van der Waals surface area (Å²) in [5.74, 6) is 0.812. The van der Waals surface area contributed by atoms with Gasteiger partial charge in [0.25, 0.3) is 0 Å². The molecule has 1 amide bonds. The molecule has 0 bridgehead atoms. The number of hydrogen-bond donors (Lipinski definition) is 1. The van der Waals surface area contributed by atoms with Crippen molar-refractivity contribution in [3.8, 4) is 0 Å². The molecule has 2 atom stereocenters. The van der Waals surface area contributed by atoms with Gasteiger partial charge in [-0.3, -0.25) is 4.79 Å². The highest BCUT2D eigenvalue weighted by Crippen LogP contribution is 2.22. The SMILES string of the molecule is CC1CCCN(C(=O)C(N)c2cccs2)CC1. The fourth-order valence-corrected chi connectivity index (χ4v) is 2.99. The summed E-state index contributed by atoms with van der Waals surface area (Å²) in [4.78, 5) is 15.2. The molecular formula is C13H20N2OS. The summed E-state index contributed by atoms with van der Waals surface area (Å²) in [6.45, 7) is 3.98. The molecule has 0 saturated carbocycles. The predicted molar refractivity (Wildman–Crippen MR) is 70.8 cm³/mol. The monoisotopic (exact) mass is 252 g/mol. The molecule has 1 aromatic rings. The van der Waals surface area contributed by atoms with Crippen LogP contribution in [0.4, 0.5) is 0 Å². The largest absolute Gasteiger partial charge is 0.341 e. The molecule has 2 unspecified atom stereocenters. The van der Waals surface area contributed by atoms with Crippen LogP contribution in [0, 0.1) is 5.92 Å². The average molecular weight is 252 g/mol. The number of carbonyl (C=O) groups is 1. The van der Waals surface area contributed by atoms with Crippen LogP contribution in [-0.2, 0) is 4.79 Å². The Morgan fingerprint density at radius 3 is 3.06 bits per heavy atom. The van der Waals surface area contributed by atoms with Crippen LogP contribution in [0.1, 0.15) is 37.1 Å². The van der Waals surface area contributed by atoms with Gasteiger partial charge < -0.3 is 10.6 Å². The van der Waals surface area contributed by atoms with Gasteiger partial charge >= 0.3 is 0 Å². The highest BCUT2D eigenvalue weighted by atomic mass is 32.1. The van der Waals surface area contributed by atoms with Gasteiger partial charge in [0.1, 0.15) is 6.04 Å². The van der Waals surface area contributed by atoms with E-state index in [1.807, 2.05) is 22.4 Å². The van der Waals surface area contributed by atoms with Crippen molar-refractivity contribution in [2.45, 2.75) is 32.2 Å². The van der Waals surface area contributed by atoms with Crippen LogP contribution < -0.4 is 5.73 Å². The van der Waals surface area contributed by atoms with Gasteiger partial charge in [-0.05, 0) is 36.6 Å². The third-order valence-electron chi connectivity index (χ3n) is 3.44. The number of thiophene rings is 1. The summed E-state index contributed by atoms with van der Waals surface area (Å²) >= 11 is 1.56. The molecule has 0 aliphatic carbocycles. The molecular weight excluding hydrogens is 232 g/mol. The summed E-state index contributed by atoms with van der Waals surface area (Å²) in [7, 11) is 0. The Balaban J connectivity index is 1.99. The van der Waals surface area contributed by atoms with Crippen molar-refractivity contribution in [1.29, 1.82) is 0 Å². The predicted octanol–water partition coefficient (Wildman–Crippen LogP) is 2.40. The normalized spacial score (nSPS) is 23.2. The van der Waals surface area contributed by atoms with E-state index in [4.69, 9.17) is 5.73 Å². The molecule has 0 radical (unpaired) electrons. The van der Waals surface area contributed by atoms with Gasteiger partial charge in [0.05, 0.1) is 0 Å². The van der Waals surface area contributed by atoms with Crippen molar-refractivity contribution in [3.05, 3.63) is 22.4 Å². The molecule has 4 heteroatoms. The first-order chi connectivity index (χ1) is 8.18. The van der Waals surface area contributed by atoms with Gasteiger partial charge in [-0.2, -0.15) is 0 Å². The highest BCUT2D eigenvalue weighted by Gasteiger charge is 2.24. The van der Waals surface area contributed by atoms with Crippen molar-refractivity contribution >= 4 is 17.2 Å². The second-order valence-corrected chi connectivity index (χ2v) is 5.83. The molecule has 0 aromatic carbocycles. The van der Waals surface area contributed by atoms with E-state index in [-0.39, 0.29) is 5.91 Å². The van der Waals surface area contributed by atoms with Gasteiger partial charge in [0.2, 0.25) is 5.91 Å². The Bertz CT molecular complexity index is 364. The second kappa shape index (κ2) is 5.65. The first-order valence-electron chi connectivity index (χ1n) is 6.26. The molecule has 2 rings (SSSR count). The Hall–Kier alpha value is -0.870. The second-order valence-electron chi connectivity index (χ2n) is 4.85. The smallest absolute Gasteiger partial charge is 0.244 e. The van der Waals surface area contributed by atoms with Gasteiger partial charge in [-0.25, -0.2) is 0 Å². The van der Waals surface area contributed by atoms with Crippen molar-refractivity contribution in [2.75, 3.05) is 13.1 Å². The van der Waals surface area contributed by atoms with Crippen LogP contribution in [0.15, 0.2) is 17.5 Å². The number of amides is 1. The lowest BCUT2D eigenvalue weighted by Gasteiger charge is -2.23. The van der Waals surface area contributed by atoms with E-state index in [0.717, 1.165) is 36.7 Å². The molecule has 0 spiro atoms. The van der Waals surface area contributed by atoms with Crippen molar-refractivity contribution in [2.24, 2.45) is 11.7 Å². The highest BCUT2D eigenvalue weighted by molar-refractivity contribution is 7.10. The van der Waals surface area contributed by atoms with E-state index >= 15 is 0 Å². The number of likely N-dealkylation sites (tertiary alicyclic amines) is 1. The molecule has 1 aliphatic heterocycles. The fraction of sp³-hybridized carbons (Fsp3) is 0.615. The molecule has 3 nitrogen and oxygen atoms in total. The number of hydrogen-bond acceptors (Lipinski definition) is 3. The third kappa shape index (κ3) is 3.07. The zero-order valence-corrected chi connectivity index (χ0v) is 11.1. The maximum absolute atomic E-state index is 12.3. The minimum absolute atomic E-state index is 0.0848. The Morgan fingerprint density at radius 1 is 1.53 bits per heavy atom. The zero-order chi connectivity index (χ0) is 12.3. The molecule has 1 aliphatic rings. The van der Waals surface area contributed by atoms with Gasteiger partial charge in [0.15, 0.2) is 0 Å². The average Bonchev–Trinajstić information content (AvgIpc) is 2.77. The molecule has 17 heavy (non-hydrogen) atoms. The minimum atomic E-state index is -0.469.